The fourth-order valence-corrected chi connectivity index (χ4v) is 4.36. The number of likely N-dealkylation sites (N-methyl/N-ethyl adjacent to an activating group) is 1. The van der Waals surface area contributed by atoms with Crippen molar-refractivity contribution in [2.75, 3.05) is 18.9 Å². The highest BCUT2D eigenvalue weighted by atomic mass is 16.1. The maximum absolute atomic E-state index is 13.0. The summed E-state index contributed by atoms with van der Waals surface area (Å²) >= 11 is 0. The first-order valence-electron chi connectivity index (χ1n) is 10.3. The first kappa shape index (κ1) is 18.1. The lowest BCUT2D eigenvalue weighted by molar-refractivity contribution is -0.120. The molecule has 148 valence electrons. The normalized spacial score (nSPS) is 18.7. The van der Waals surface area contributed by atoms with Gasteiger partial charge in [0.2, 0.25) is 5.91 Å². The minimum Gasteiger partial charge on any atom is -0.326 e. The molecule has 0 radical (unpaired) electrons. The number of hydrogen-bond donors (Lipinski definition) is 1. The van der Waals surface area contributed by atoms with Gasteiger partial charge in [-0.05, 0) is 43.1 Å². The van der Waals surface area contributed by atoms with Gasteiger partial charge in [0.25, 0.3) is 0 Å². The zero-order valence-corrected chi connectivity index (χ0v) is 16.6. The lowest BCUT2D eigenvalue weighted by atomic mass is 9.97. The Bertz CT molecular complexity index is 1040. The summed E-state index contributed by atoms with van der Waals surface area (Å²) in [4.78, 5) is 15.3. The highest BCUT2D eigenvalue weighted by molar-refractivity contribution is 5.92. The molecule has 1 N–H and O–H groups in total. The molecule has 29 heavy (non-hydrogen) atoms. The van der Waals surface area contributed by atoms with Crippen LogP contribution in [0.15, 0.2) is 48.5 Å². The smallest absolute Gasteiger partial charge is 0.229 e. The Balaban J connectivity index is 1.33. The number of benzene rings is 2. The summed E-state index contributed by atoms with van der Waals surface area (Å²) in [5.41, 5.74) is 4.63. The predicted molar refractivity (Wildman–Crippen MR) is 112 cm³/mol. The van der Waals surface area contributed by atoms with Crippen LogP contribution < -0.4 is 5.32 Å². The number of nitrogens with one attached hydrogen (secondary N) is 1. The van der Waals surface area contributed by atoms with Crippen LogP contribution in [0.1, 0.15) is 23.4 Å². The van der Waals surface area contributed by atoms with Crippen LogP contribution in [0.5, 0.6) is 0 Å². The minimum atomic E-state index is -0.0836. The van der Waals surface area contributed by atoms with Gasteiger partial charge in [-0.1, -0.05) is 36.4 Å². The summed E-state index contributed by atoms with van der Waals surface area (Å²) in [7, 11) is 2.14. The zero-order valence-electron chi connectivity index (χ0n) is 16.6. The van der Waals surface area contributed by atoms with E-state index in [0.29, 0.717) is 6.54 Å². The molecule has 5 rings (SSSR count). The highest BCUT2D eigenvalue weighted by Gasteiger charge is 2.28. The Morgan fingerprint density at radius 3 is 2.79 bits per heavy atom. The van der Waals surface area contributed by atoms with Gasteiger partial charge in [0, 0.05) is 37.3 Å². The molecule has 6 heteroatoms. The molecule has 0 saturated heterocycles. The molecule has 1 aromatic heterocycles. The number of carbonyl (C=O) groups excluding carboxylic acids is 1. The van der Waals surface area contributed by atoms with E-state index in [2.05, 4.69) is 44.2 Å². The van der Waals surface area contributed by atoms with Crippen LogP contribution in [-0.2, 0) is 30.7 Å². The van der Waals surface area contributed by atoms with Crippen LogP contribution in [0.4, 0.5) is 5.69 Å². The molecule has 0 spiro atoms. The Labute approximate surface area is 170 Å². The second kappa shape index (κ2) is 7.44. The second-order valence-electron chi connectivity index (χ2n) is 8.11. The first-order valence-corrected chi connectivity index (χ1v) is 10.3. The summed E-state index contributed by atoms with van der Waals surface area (Å²) < 4.78 is 2.10. The summed E-state index contributed by atoms with van der Waals surface area (Å²) in [5.74, 6) is 1.80. The van der Waals surface area contributed by atoms with Crippen molar-refractivity contribution in [3.05, 3.63) is 65.5 Å². The van der Waals surface area contributed by atoms with Crippen molar-refractivity contribution in [1.29, 1.82) is 0 Å². The van der Waals surface area contributed by atoms with Crippen LogP contribution in [0, 0.1) is 5.92 Å². The third kappa shape index (κ3) is 3.56. The van der Waals surface area contributed by atoms with E-state index in [1.807, 2.05) is 36.4 Å². The van der Waals surface area contributed by atoms with Gasteiger partial charge in [-0.25, -0.2) is 0 Å². The Hall–Kier alpha value is -2.99. The molecule has 1 amide bonds. The number of nitrogens with zero attached hydrogens (tertiary/aromatic N) is 4. The molecule has 3 heterocycles. The van der Waals surface area contributed by atoms with Crippen molar-refractivity contribution in [1.82, 2.24) is 19.7 Å². The summed E-state index contributed by atoms with van der Waals surface area (Å²) in [6.07, 6.45) is 2.64. The van der Waals surface area contributed by atoms with Crippen molar-refractivity contribution < 1.29 is 4.79 Å². The number of aryl methyl sites for hydroxylation is 1. The van der Waals surface area contributed by atoms with Gasteiger partial charge < -0.3 is 14.8 Å². The standard InChI is InChI=1S/C23H25N5O/c1-27-12-11-16-7-9-20(13-19(16)14-27)24-23(29)18-8-10-21-25-26-22(28(21)15-18)17-5-3-2-4-6-17/h2-7,9,13,18H,8,10-12,14-15H2,1H3,(H,24,29). The molecule has 3 aromatic rings. The molecule has 2 aliphatic rings. The van der Waals surface area contributed by atoms with E-state index in [9.17, 15) is 4.79 Å². The van der Waals surface area contributed by atoms with E-state index in [1.165, 1.54) is 11.1 Å². The summed E-state index contributed by atoms with van der Waals surface area (Å²) in [5, 5.41) is 11.9. The van der Waals surface area contributed by atoms with E-state index in [-0.39, 0.29) is 11.8 Å². The topological polar surface area (TPSA) is 63.1 Å². The molecular formula is C23H25N5O. The Kier molecular flexibility index (Phi) is 4.64. The molecular weight excluding hydrogens is 362 g/mol. The minimum absolute atomic E-state index is 0.0764. The number of anilines is 1. The molecule has 1 unspecified atom stereocenters. The number of hydrogen-bond acceptors (Lipinski definition) is 4. The second-order valence-corrected chi connectivity index (χ2v) is 8.11. The van der Waals surface area contributed by atoms with Crippen molar-refractivity contribution >= 4 is 11.6 Å². The van der Waals surface area contributed by atoms with Gasteiger partial charge in [0.1, 0.15) is 5.82 Å². The average Bonchev–Trinajstić information content (AvgIpc) is 3.17. The molecule has 0 saturated carbocycles. The predicted octanol–water partition coefficient (Wildman–Crippen LogP) is 3.13. The van der Waals surface area contributed by atoms with Crippen molar-refractivity contribution in [3.63, 3.8) is 0 Å². The van der Waals surface area contributed by atoms with Gasteiger partial charge in [-0.2, -0.15) is 0 Å². The summed E-state index contributed by atoms with van der Waals surface area (Å²) in [6.45, 7) is 2.64. The molecule has 0 fully saturated rings. The zero-order chi connectivity index (χ0) is 19.8. The van der Waals surface area contributed by atoms with Gasteiger partial charge >= 0.3 is 0 Å². The quantitative estimate of drug-likeness (QED) is 0.750. The van der Waals surface area contributed by atoms with E-state index in [1.54, 1.807) is 0 Å². The number of carbonyl (C=O) groups is 1. The molecule has 1 atom stereocenters. The van der Waals surface area contributed by atoms with Gasteiger partial charge in [0.05, 0.1) is 5.92 Å². The number of aromatic nitrogens is 3. The lowest BCUT2D eigenvalue weighted by Gasteiger charge is -2.26. The lowest BCUT2D eigenvalue weighted by Crippen LogP contribution is -2.32. The van der Waals surface area contributed by atoms with E-state index < -0.39 is 0 Å². The molecule has 0 bridgehead atoms. The fourth-order valence-electron chi connectivity index (χ4n) is 4.36. The van der Waals surface area contributed by atoms with Gasteiger partial charge in [-0.15, -0.1) is 10.2 Å². The molecule has 0 aliphatic carbocycles. The van der Waals surface area contributed by atoms with Crippen molar-refractivity contribution in [2.24, 2.45) is 5.92 Å². The third-order valence-corrected chi connectivity index (χ3v) is 6.03. The maximum Gasteiger partial charge on any atom is 0.229 e. The highest BCUT2D eigenvalue weighted by Crippen LogP contribution is 2.27. The third-order valence-electron chi connectivity index (χ3n) is 6.03. The monoisotopic (exact) mass is 387 g/mol. The molecule has 2 aromatic carbocycles. The van der Waals surface area contributed by atoms with Gasteiger partial charge in [0.15, 0.2) is 5.82 Å². The number of fused-ring (bicyclic) bond motifs is 2. The Morgan fingerprint density at radius 1 is 1.07 bits per heavy atom. The van der Waals surface area contributed by atoms with E-state index >= 15 is 0 Å². The van der Waals surface area contributed by atoms with Crippen LogP contribution >= 0.6 is 0 Å². The largest absolute Gasteiger partial charge is 0.326 e. The first-order chi connectivity index (χ1) is 14.2. The van der Waals surface area contributed by atoms with Gasteiger partial charge in [-0.3, -0.25) is 4.79 Å². The Morgan fingerprint density at radius 2 is 1.93 bits per heavy atom. The van der Waals surface area contributed by atoms with Crippen molar-refractivity contribution in [3.8, 4) is 11.4 Å². The SMILES string of the molecule is CN1CCc2ccc(NC(=O)C3CCc4nnc(-c5ccccc5)n4C3)cc2C1. The number of amides is 1. The van der Waals surface area contributed by atoms with E-state index in [0.717, 1.165) is 55.3 Å². The summed E-state index contributed by atoms with van der Waals surface area (Å²) in [6, 6.07) is 16.4. The number of rotatable bonds is 3. The molecule has 6 nitrogen and oxygen atoms in total. The van der Waals surface area contributed by atoms with E-state index in [4.69, 9.17) is 0 Å². The van der Waals surface area contributed by atoms with Crippen LogP contribution in [0.3, 0.4) is 0 Å². The van der Waals surface area contributed by atoms with Crippen LogP contribution in [0.25, 0.3) is 11.4 Å². The van der Waals surface area contributed by atoms with Crippen LogP contribution in [-0.4, -0.2) is 39.2 Å². The van der Waals surface area contributed by atoms with Crippen LogP contribution in [0.2, 0.25) is 0 Å². The average molecular weight is 387 g/mol. The fraction of sp³-hybridized carbons (Fsp3) is 0.348. The maximum atomic E-state index is 13.0. The molecule has 2 aliphatic heterocycles. The van der Waals surface area contributed by atoms with Crippen molar-refractivity contribution in [2.45, 2.75) is 32.4 Å².